The zero-order chi connectivity index (χ0) is 18.9. The smallest absolute Gasteiger partial charge is 0.326 e. The summed E-state index contributed by atoms with van der Waals surface area (Å²) in [5.41, 5.74) is 10.5. The molecule has 24 heavy (non-hydrogen) atoms. The van der Waals surface area contributed by atoms with E-state index in [1.54, 1.807) is 13.8 Å². The van der Waals surface area contributed by atoms with Crippen molar-refractivity contribution in [2.45, 2.75) is 51.2 Å². The zero-order valence-electron chi connectivity index (χ0n) is 13.8. The molecule has 0 saturated heterocycles. The first kappa shape index (κ1) is 21.8. The third-order valence-corrected chi connectivity index (χ3v) is 3.18. The molecule has 10 nitrogen and oxygen atoms in total. The summed E-state index contributed by atoms with van der Waals surface area (Å²) in [6, 6.07) is -3.55. The quantitative estimate of drug-likeness (QED) is 0.242. The number of carboxylic acids is 1. The van der Waals surface area contributed by atoms with Crippen LogP contribution in [0.3, 0.4) is 0 Å². The van der Waals surface area contributed by atoms with E-state index < -0.39 is 48.4 Å². The molecule has 0 bridgehead atoms. The fourth-order valence-corrected chi connectivity index (χ4v) is 1.87. The van der Waals surface area contributed by atoms with Gasteiger partial charge in [0.15, 0.2) is 0 Å². The van der Waals surface area contributed by atoms with Crippen LogP contribution in [0.5, 0.6) is 0 Å². The molecule has 0 aliphatic carbocycles. The SMILES string of the molecule is CC(C)C[C@H](NC(=O)[C@H](CO)NC(=O)[C@@H](N)CCC(N)=O)C(=O)O. The molecule has 10 heteroatoms. The first-order valence-electron chi connectivity index (χ1n) is 7.56. The van der Waals surface area contributed by atoms with Crippen LogP contribution in [-0.2, 0) is 19.2 Å². The fourth-order valence-electron chi connectivity index (χ4n) is 1.87. The fraction of sp³-hybridized carbons (Fsp3) is 0.714. The maximum absolute atomic E-state index is 12.0. The van der Waals surface area contributed by atoms with Crippen molar-refractivity contribution in [2.75, 3.05) is 6.61 Å². The van der Waals surface area contributed by atoms with Crippen molar-refractivity contribution in [1.82, 2.24) is 10.6 Å². The Morgan fingerprint density at radius 1 is 1.04 bits per heavy atom. The average molecular weight is 346 g/mol. The van der Waals surface area contributed by atoms with E-state index in [1.165, 1.54) is 0 Å². The lowest BCUT2D eigenvalue weighted by atomic mass is 10.0. The Morgan fingerprint density at radius 2 is 1.58 bits per heavy atom. The van der Waals surface area contributed by atoms with Crippen LogP contribution >= 0.6 is 0 Å². The third-order valence-electron chi connectivity index (χ3n) is 3.18. The minimum absolute atomic E-state index is 0.00790. The molecule has 0 spiro atoms. The molecule has 0 aromatic rings. The highest BCUT2D eigenvalue weighted by atomic mass is 16.4. The number of aliphatic carboxylic acids is 1. The van der Waals surface area contributed by atoms with Crippen molar-refractivity contribution in [3.8, 4) is 0 Å². The second kappa shape index (κ2) is 10.6. The molecule has 8 N–H and O–H groups in total. The molecule has 0 aromatic carbocycles. The molecule has 0 saturated carbocycles. The van der Waals surface area contributed by atoms with E-state index in [2.05, 4.69) is 10.6 Å². The number of hydrogen-bond acceptors (Lipinski definition) is 6. The number of hydrogen-bond donors (Lipinski definition) is 6. The number of nitrogens with two attached hydrogens (primary N) is 2. The molecule has 0 heterocycles. The maximum Gasteiger partial charge on any atom is 0.326 e. The van der Waals surface area contributed by atoms with E-state index in [0.717, 1.165) is 0 Å². The van der Waals surface area contributed by atoms with Crippen LogP contribution in [0.25, 0.3) is 0 Å². The number of carboxylic acid groups (broad SMARTS) is 1. The van der Waals surface area contributed by atoms with Gasteiger partial charge in [0, 0.05) is 6.42 Å². The molecule has 0 aliphatic heterocycles. The van der Waals surface area contributed by atoms with Gasteiger partial charge >= 0.3 is 5.97 Å². The van der Waals surface area contributed by atoms with Gasteiger partial charge in [-0.1, -0.05) is 13.8 Å². The number of rotatable bonds is 11. The Labute approximate surface area is 139 Å². The van der Waals surface area contributed by atoms with Gasteiger partial charge in [-0.2, -0.15) is 0 Å². The molecule has 0 aromatic heterocycles. The molecule has 0 rings (SSSR count). The lowest BCUT2D eigenvalue weighted by Gasteiger charge is -2.22. The summed E-state index contributed by atoms with van der Waals surface area (Å²) in [5.74, 6) is -3.39. The summed E-state index contributed by atoms with van der Waals surface area (Å²) in [6.07, 6.45) is 0.0946. The standard InChI is InChI=1S/C14H26N4O6/c1-7(2)5-9(14(23)24)17-13(22)10(6-19)18-12(21)8(15)3-4-11(16)20/h7-10,19H,3-6,15H2,1-2H3,(H2,16,20)(H,17,22)(H,18,21)(H,23,24)/t8-,9-,10-/m0/s1. The largest absolute Gasteiger partial charge is 0.480 e. The average Bonchev–Trinajstić information content (AvgIpc) is 2.48. The number of aliphatic hydroxyl groups is 1. The molecule has 138 valence electrons. The Hall–Kier alpha value is -2.20. The minimum atomic E-state index is -1.34. The van der Waals surface area contributed by atoms with E-state index in [4.69, 9.17) is 16.6 Å². The second-order valence-corrected chi connectivity index (χ2v) is 5.88. The van der Waals surface area contributed by atoms with E-state index in [9.17, 15) is 24.3 Å². The van der Waals surface area contributed by atoms with Crippen LogP contribution < -0.4 is 22.1 Å². The maximum atomic E-state index is 12.0. The molecular formula is C14H26N4O6. The van der Waals surface area contributed by atoms with Gasteiger partial charge < -0.3 is 32.3 Å². The van der Waals surface area contributed by atoms with E-state index in [0.29, 0.717) is 0 Å². The van der Waals surface area contributed by atoms with Crippen molar-refractivity contribution < 1.29 is 29.4 Å². The highest BCUT2D eigenvalue weighted by molar-refractivity contribution is 5.92. The first-order chi connectivity index (χ1) is 11.1. The highest BCUT2D eigenvalue weighted by Gasteiger charge is 2.27. The predicted octanol–water partition coefficient (Wildman–Crippen LogP) is -2.33. The molecule has 0 radical (unpaired) electrons. The van der Waals surface area contributed by atoms with Gasteiger partial charge in [-0.05, 0) is 18.8 Å². The van der Waals surface area contributed by atoms with E-state index >= 15 is 0 Å². The van der Waals surface area contributed by atoms with Gasteiger partial charge in [0.1, 0.15) is 12.1 Å². The summed E-state index contributed by atoms with van der Waals surface area (Å²) in [6.45, 7) is 2.87. The van der Waals surface area contributed by atoms with Gasteiger partial charge in [-0.25, -0.2) is 4.79 Å². The summed E-state index contributed by atoms with van der Waals surface area (Å²) in [7, 11) is 0. The van der Waals surface area contributed by atoms with Crippen LogP contribution in [0.1, 0.15) is 33.1 Å². The lowest BCUT2D eigenvalue weighted by Crippen LogP contribution is -2.56. The van der Waals surface area contributed by atoms with Gasteiger partial charge in [0.05, 0.1) is 12.6 Å². The number of primary amides is 1. The zero-order valence-corrected chi connectivity index (χ0v) is 13.8. The van der Waals surface area contributed by atoms with Crippen molar-refractivity contribution in [1.29, 1.82) is 0 Å². The minimum Gasteiger partial charge on any atom is -0.480 e. The van der Waals surface area contributed by atoms with Crippen molar-refractivity contribution in [3.63, 3.8) is 0 Å². The van der Waals surface area contributed by atoms with Gasteiger partial charge in [-0.15, -0.1) is 0 Å². The number of nitrogens with one attached hydrogen (secondary N) is 2. The summed E-state index contributed by atoms with van der Waals surface area (Å²) in [5, 5.41) is 22.8. The van der Waals surface area contributed by atoms with Crippen molar-refractivity contribution in [3.05, 3.63) is 0 Å². The van der Waals surface area contributed by atoms with Crippen LogP contribution in [0.2, 0.25) is 0 Å². The summed E-state index contributed by atoms with van der Waals surface area (Å²) < 4.78 is 0. The summed E-state index contributed by atoms with van der Waals surface area (Å²) >= 11 is 0. The second-order valence-electron chi connectivity index (χ2n) is 5.88. The number of amides is 3. The predicted molar refractivity (Wildman–Crippen MR) is 84.4 cm³/mol. The normalized spacial score (nSPS) is 14.5. The molecule has 0 unspecified atom stereocenters. The third kappa shape index (κ3) is 8.44. The topological polar surface area (TPSA) is 185 Å². The molecular weight excluding hydrogens is 320 g/mol. The van der Waals surface area contributed by atoms with Gasteiger partial charge in [-0.3, -0.25) is 14.4 Å². The van der Waals surface area contributed by atoms with Crippen molar-refractivity contribution in [2.24, 2.45) is 17.4 Å². The van der Waals surface area contributed by atoms with Crippen LogP contribution in [-0.4, -0.2) is 58.6 Å². The number of aliphatic hydroxyl groups excluding tert-OH is 1. The van der Waals surface area contributed by atoms with Crippen LogP contribution in [0.4, 0.5) is 0 Å². The van der Waals surface area contributed by atoms with Gasteiger partial charge in [0.2, 0.25) is 17.7 Å². The summed E-state index contributed by atoms with van der Waals surface area (Å²) in [4.78, 5) is 45.7. The highest BCUT2D eigenvalue weighted by Crippen LogP contribution is 2.05. The Kier molecular flexibility index (Phi) is 9.58. The Bertz CT molecular complexity index is 468. The molecule has 0 fully saturated rings. The monoisotopic (exact) mass is 346 g/mol. The molecule has 3 amide bonds. The van der Waals surface area contributed by atoms with Crippen LogP contribution in [0.15, 0.2) is 0 Å². The molecule has 3 atom stereocenters. The van der Waals surface area contributed by atoms with E-state index in [1.807, 2.05) is 0 Å². The molecule has 0 aliphatic rings. The number of carbonyl (C=O) groups is 4. The van der Waals surface area contributed by atoms with Gasteiger partial charge in [0.25, 0.3) is 0 Å². The van der Waals surface area contributed by atoms with Crippen LogP contribution in [0, 0.1) is 5.92 Å². The Balaban J connectivity index is 4.70. The van der Waals surface area contributed by atoms with Crippen molar-refractivity contribution >= 4 is 23.7 Å². The lowest BCUT2D eigenvalue weighted by molar-refractivity contribution is -0.143. The number of carbonyl (C=O) groups excluding carboxylic acids is 3. The van der Waals surface area contributed by atoms with E-state index in [-0.39, 0.29) is 25.2 Å². The first-order valence-corrected chi connectivity index (χ1v) is 7.56. The Morgan fingerprint density at radius 3 is 2.00 bits per heavy atom.